The van der Waals surface area contributed by atoms with Gasteiger partial charge in [-0.3, -0.25) is 4.79 Å². The van der Waals surface area contributed by atoms with Gasteiger partial charge in [0.1, 0.15) is 0 Å². The summed E-state index contributed by atoms with van der Waals surface area (Å²) in [5, 5.41) is 13.4. The number of amides is 1. The molecular weight excluding hydrogens is 294 g/mol. The van der Waals surface area contributed by atoms with Gasteiger partial charge in [0.05, 0.1) is 0 Å². The van der Waals surface area contributed by atoms with E-state index < -0.39 is 5.72 Å². The van der Waals surface area contributed by atoms with E-state index in [-0.39, 0.29) is 5.91 Å². The van der Waals surface area contributed by atoms with Crippen molar-refractivity contribution in [3.8, 4) is 0 Å². The topological polar surface area (TPSA) is 49.3 Å². The molecule has 2 aromatic carbocycles. The van der Waals surface area contributed by atoms with Gasteiger partial charge in [0.2, 0.25) is 0 Å². The summed E-state index contributed by atoms with van der Waals surface area (Å²) in [6.45, 7) is 0. The molecule has 3 rings (SSSR count). The van der Waals surface area contributed by atoms with E-state index in [1.165, 1.54) is 0 Å². The number of rotatable bonds is 1. The maximum atomic E-state index is 11.9. The third kappa shape index (κ3) is 1.57. The molecule has 1 heterocycles. The molecule has 0 saturated carbocycles. The number of aliphatic hydroxyl groups is 1. The predicted molar refractivity (Wildman–Crippen MR) is 71.0 cm³/mol. The van der Waals surface area contributed by atoms with Crippen molar-refractivity contribution < 1.29 is 9.90 Å². The zero-order valence-electron chi connectivity index (χ0n) is 9.35. The van der Waals surface area contributed by atoms with Crippen LogP contribution in [0.3, 0.4) is 0 Å². The Hall–Kier alpha value is -1.65. The molecule has 4 heteroatoms. The normalized spacial score (nSPS) is 21.6. The van der Waals surface area contributed by atoms with E-state index >= 15 is 0 Å². The van der Waals surface area contributed by atoms with Gasteiger partial charge in [0.15, 0.2) is 5.72 Å². The van der Waals surface area contributed by atoms with E-state index in [0.717, 1.165) is 4.47 Å². The number of benzene rings is 2. The summed E-state index contributed by atoms with van der Waals surface area (Å²) in [4.78, 5) is 11.9. The molecule has 90 valence electrons. The fourth-order valence-electron chi connectivity index (χ4n) is 2.23. The molecule has 1 atom stereocenters. The van der Waals surface area contributed by atoms with Gasteiger partial charge in [-0.1, -0.05) is 52.3 Å². The van der Waals surface area contributed by atoms with Gasteiger partial charge in [-0.25, -0.2) is 0 Å². The zero-order chi connectivity index (χ0) is 12.8. The van der Waals surface area contributed by atoms with E-state index in [9.17, 15) is 9.90 Å². The van der Waals surface area contributed by atoms with E-state index in [4.69, 9.17) is 0 Å². The number of hydrogen-bond donors (Lipinski definition) is 2. The van der Waals surface area contributed by atoms with Gasteiger partial charge in [0.25, 0.3) is 5.91 Å². The maximum absolute atomic E-state index is 11.9. The number of hydrogen-bond acceptors (Lipinski definition) is 2. The number of carbonyl (C=O) groups is 1. The summed E-state index contributed by atoms with van der Waals surface area (Å²) < 4.78 is 0.814. The lowest BCUT2D eigenvalue weighted by Crippen LogP contribution is -2.40. The molecule has 0 aromatic heterocycles. The first-order valence-electron chi connectivity index (χ1n) is 5.52. The van der Waals surface area contributed by atoms with Crippen molar-refractivity contribution in [2.45, 2.75) is 5.72 Å². The minimum atomic E-state index is -1.44. The zero-order valence-corrected chi connectivity index (χ0v) is 10.9. The second kappa shape index (κ2) is 3.93. The Labute approximate surface area is 113 Å². The summed E-state index contributed by atoms with van der Waals surface area (Å²) >= 11 is 3.32. The fourth-order valence-corrected chi connectivity index (χ4v) is 2.59. The maximum Gasteiger partial charge on any atom is 0.254 e. The lowest BCUT2D eigenvalue weighted by Gasteiger charge is -2.24. The molecular formula is C14H10BrNO2. The Bertz CT molecular complexity index is 627. The van der Waals surface area contributed by atoms with Crippen LogP contribution in [-0.2, 0) is 5.72 Å². The van der Waals surface area contributed by atoms with Gasteiger partial charge >= 0.3 is 0 Å². The second-order valence-corrected chi connectivity index (χ2v) is 5.14. The molecule has 0 fully saturated rings. The summed E-state index contributed by atoms with van der Waals surface area (Å²) in [7, 11) is 0. The Morgan fingerprint density at radius 3 is 2.56 bits per heavy atom. The van der Waals surface area contributed by atoms with Crippen molar-refractivity contribution in [2.24, 2.45) is 0 Å². The van der Waals surface area contributed by atoms with Gasteiger partial charge in [-0.05, 0) is 12.1 Å². The van der Waals surface area contributed by atoms with Gasteiger partial charge in [-0.2, -0.15) is 0 Å². The number of carbonyl (C=O) groups excluding carboxylic acids is 1. The molecule has 0 spiro atoms. The summed E-state index contributed by atoms with van der Waals surface area (Å²) in [6.07, 6.45) is 0. The summed E-state index contributed by atoms with van der Waals surface area (Å²) in [6, 6.07) is 14.4. The van der Waals surface area contributed by atoms with Crippen LogP contribution < -0.4 is 5.32 Å². The number of halogens is 1. The van der Waals surface area contributed by atoms with Crippen LogP contribution in [-0.4, -0.2) is 11.0 Å². The minimum absolute atomic E-state index is 0.266. The molecule has 0 bridgehead atoms. The first-order chi connectivity index (χ1) is 8.61. The Balaban J connectivity index is 2.21. The summed E-state index contributed by atoms with van der Waals surface area (Å²) in [5.74, 6) is -0.266. The van der Waals surface area contributed by atoms with Gasteiger partial charge in [0, 0.05) is 21.2 Å². The van der Waals surface area contributed by atoms with Crippen molar-refractivity contribution in [1.82, 2.24) is 5.32 Å². The van der Waals surface area contributed by atoms with Gasteiger partial charge in [-0.15, -0.1) is 0 Å². The average molecular weight is 304 g/mol. The molecule has 0 aliphatic carbocycles. The molecule has 2 N–H and O–H groups in total. The molecule has 1 amide bonds. The molecule has 3 nitrogen and oxygen atoms in total. The third-order valence-corrected chi connectivity index (χ3v) is 3.60. The van der Waals surface area contributed by atoms with Crippen LogP contribution >= 0.6 is 15.9 Å². The van der Waals surface area contributed by atoms with Crippen molar-refractivity contribution in [1.29, 1.82) is 0 Å². The quantitative estimate of drug-likeness (QED) is 0.850. The van der Waals surface area contributed by atoms with Crippen LogP contribution in [0, 0.1) is 0 Å². The fraction of sp³-hybridized carbons (Fsp3) is 0.0714. The first kappa shape index (κ1) is 11.4. The number of fused-ring (bicyclic) bond motifs is 1. The summed E-state index contributed by atoms with van der Waals surface area (Å²) in [5.41, 5.74) is 0.297. The minimum Gasteiger partial charge on any atom is -0.363 e. The van der Waals surface area contributed by atoms with Crippen LogP contribution in [0.25, 0.3) is 0 Å². The predicted octanol–water partition coefficient (Wildman–Crippen LogP) is 2.39. The van der Waals surface area contributed by atoms with Crippen LogP contribution in [0.2, 0.25) is 0 Å². The van der Waals surface area contributed by atoms with Crippen LogP contribution in [0.4, 0.5) is 0 Å². The number of nitrogens with one attached hydrogen (secondary N) is 1. The highest BCUT2D eigenvalue weighted by molar-refractivity contribution is 9.10. The highest BCUT2D eigenvalue weighted by Gasteiger charge is 2.42. The molecule has 1 aliphatic heterocycles. The van der Waals surface area contributed by atoms with E-state index in [0.29, 0.717) is 16.7 Å². The van der Waals surface area contributed by atoms with Gasteiger partial charge < -0.3 is 10.4 Å². The molecule has 18 heavy (non-hydrogen) atoms. The van der Waals surface area contributed by atoms with Crippen LogP contribution in [0.15, 0.2) is 53.0 Å². The van der Waals surface area contributed by atoms with E-state index in [1.54, 1.807) is 24.3 Å². The van der Waals surface area contributed by atoms with E-state index in [2.05, 4.69) is 21.2 Å². The lowest BCUT2D eigenvalue weighted by molar-refractivity contribution is 0.0476. The smallest absolute Gasteiger partial charge is 0.254 e. The van der Waals surface area contributed by atoms with Crippen molar-refractivity contribution in [2.75, 3.05) is 0 Å². The SMILES string of the molecule is O=C1NC(O)(c2ccccc2)c2ccc(Br)cc21. The van der Waals surface area contributed by atoms with Crippen molar-refractivity contribution in [3.63, 3.8) is 0 Å². The highest BCUT2D eigenvalue weighted by Crippen LogP contribution is 2.35. The third-order valence-electron chi connectivity index (χ3n) is 3.10. The highest BCUT2D eigenvalue weighted by atomic mass is 79.9. The molecule has 2 aromatic rings. The van der Waals surface area contributed by atoms with Crippen LogP contribution in [0.5, 0.6) is 0 Å². The molecule has 0 radical (unpaired) electrons. The van der Waals surface area contributed by atoms with Crippen LogP contribution in [0.1, 0.15) is 21.5 Å². The second-order valence-electron chi connectivity index (χ2n) is 4.22. The average Bonchev–Trinajstić information content (AvgIpc) is 2.63. The first-order valence-corrected chi connectivity index (χ1v) is 6.31. The Morgan fingerprint density at radius 2 is 1.83 bits per heavy atom. The molecule has 1 unspecified atom stereocenters. The van der Waals surface area contributed by atoms with E-state index in [1.807, 2.05) is 24.3 Å². The molecule has 0 saturated heterocycles. The largest absolute Gasteiger partial charge is 0.363 e. The van der Waals surface area contributed by atoms with Crippen molar-refractivity contribution >= 4 is 21.8 Å². The molecule has 1 aliphatic rings. The Morgan fingerprint density at radius 1 is 1.11 bits per heavy atom. The monoisotopic (exact) mass is 303 g/mol. The lowest BCUT2D eigenvalue weighted by atomic mass is 9.95. The standard InChI is InChI=1S/C14H10BrNO2/c15-10-6-7-12-11(8-10)13(17)16-14(12,18)9-4-2-1-3-5-9/h1-8,18H,(H,16,17). The van der Waals surface area contributed by atoms with Crippen molar-refractivity contribution in [3.05, 3.63) is 69.7 Å². The Kier molecular flexibility index (Phi) is 2.50.